The highest BCUT2D eigenvalue weighted by Gasteiger charge is 2.28. The summed E-state index contributed by atoms with van der Waals surface area (Å²) in [5, 5.41) is 10.6. The zero-order chi connectivity index (χ0) is 23.3. The van der Waals surface area contributed by atoms with Crippen molar-refractivity contribution < 1.29 is 13.2 Å². The van der Waals surface area contributed by atoms with Crippen LogP contribution in [0.25, 0.3) is 6.08 Å². The van der Waals surface area contributed by atoms with E-state index in [4.69, 9.17) is 0 Å². The molecule has 8 nitrogen and oxygen atoms in total. The molecule has 0 unspecified atom stereocenters. The van der Waals surface area contributed by atoms with E-state index in [9.17, 15) is 13.2 Å². The van der Waals surface area contributed by atoms with E-state index >= 15 is 0 Å². The Morgan fingerprint density at radius 2 is 1.76 bits per heavy atom. The quantitative estimate of drug-likeness (QED) is 0.555. The summed E-state index contributed by atoms with van der Waals surface area (Å²) in [5.41, 5.74) is 0.836. The monoisotopic (exact) mass is 489 g/mol. The number of hydrogen-bond acceptors (Lipinski definition) is 6. The molecule has 2 heterocycles. The highest BCUT2D eigenvalue weighted by molar-refractivity contribution is 7.99. The smallest absolute Gasteiger partial charge is 0.236 e. The van der Waals surface area contributed by atoms with Gasteiger partial charge in [0.15, 0.2) is 5.16 Å². The van der Waals surface area contributed by atoms with Crippen molar-refractivity contribution in [2.24, 2.45) is 0 Å². The second-order valence-electron chi connectivity index (χ2n) is 8.52. The molecule has 1 amide bonds. The number of piperazine rings is 1. The predicted molar refractivity (Wildman–Crippen MR) is 130 cm³/mol. The zero-order valence-corrected chi connectivity index (χ0v) is 20.6. The number of thioether (sulfide) groups is 1. The minimum atomic E-state index is -3.51. The number of benzene rings is 1. The Labute approximate surface area is 200 Å². The Kier molecular flexibility index (Phi) is 7.87. The largest absolute Gasteiger partial charge is 0.339 e. The third-order valence-electron chi connectivity index (χ3n) is 6.28. The van der Waals surface area contributed by atoms with Crippen LogP contribution in [0.2, 0.25) is 0 Å². The Bertz CT molecular complexity index is 1070. The number of sulfonamides is 1. The topological polar surface area (TPSA) is 88.4 Å². The first kappa shape index (κ1) is 24.0. The third-order valence-corrected chi connectivity index (χ3v) is 8.78. The highest BCUT2D eigenvalue weighted by Crippen LogP contribution is 2.32. The maximum absolute atomic E-state index is 12.8. The number of carbonyl (C=O) groups excluding carboxylic acids is 1. The molecule has 1 aromatic heterocycles. The van der Waals surface area contributed by atoms with Crippen molar-refractivity contribution in [3.63, 3.8) is 0 Å². The number of hydrogen-bond donors (Lipinski definition) is 0. The zero-order valence-electron chi connectivity index (χ0n) is 19.0. The van der Waals surface area contributed by atoms with Crippen LogP contribution in [0, 0.1) is 6.92 Å². The van der Waals surface area contributed by atoms with Gasteiger partial charge >= 0.3 is 0 Å². The lowest BCUT2D eigenvalue weighted by Crippen LogP contribution is -2.50. The van der Waals surface area contributed by atoms with E-state index in [2.05, 4.69) is 14.8 Å². The minimum absolute atomic E-state index is 0.00715. The van der Waals surface area contributed by atoms with E-state index in [0.717, 1.165) is 29.4 Å². The van der Waals surface area contributed by atoms with Crippen molar-refractivity contribution in [1.82, 2.24) is 24.0 Å². The molecule has 4 rings (SSSR count). The van der Waals surface area contributed by atoms with Gasteiger partial charge in [-0.05, 0) is 31.4 Å². The van der Waals surface area contributed by atoms with E-state index in [1.54, 1.807) is 11.0 Å². The molecule has 1 aliphatic heterocycles. The van der Waals surface area contributed by atoms with Crippen molar-refractivity contribution in [1.29, 1.82) is 0 Å². The molecule has 1 saturated heterocycles. The van der Waals surface area contributed by atoms with Crippen molar-refractivity contribution in [2.75, 3.05) is 31.9 Å². The van der Waals surface area contributed by atoms with E-state index in [0.29, 0.717) is 32.2 Å². The molecule has 2 fully saturated rings. The molecule has 0 bridgehead atoms. The van der Waals surface area contributed by atoms with E-state index in [1.165, 1.54) is 40.7 Å². The molecule has 178 valence electrons. The number of aromatic nitrogens is 3. The van der Waals surface area contributed by atoms with Crippen LogP contribution in [-0.2, 0) is 14.8 Å². The maximum atomic E-state index is 12.8. The molecule has 0 radical (unpaired) electrons. The van der Waals surface area contributed by atoms with Gasteiger partial charge in [0, 0.05) is 37.6 Å². The van der Waals surface area contributed by atoms with Crippen LogP contribution < -0.4 is 0 Å². The molecule has 10 heteroatoms. The van der Waals surface area contributed by atoms with Gasteiger partial charge in [0.2, 0.25) is 15.9 Å². The van der Waals surface area contributed by atoms with Crippen LogP contribution in [0.3, 0.4) is 0 Å². The lowest BCUT2D eigenvalue weighted by atomic mass is 9.95. The normalized spacial score (nSPS) is 18.8. The predicted octanol–water partition coefficient (Wildman–Crippen LogP) is 3.33. The fourth-order valence-corrected chi connectivity index (χ4v) is 6.56. The van der Waals surface area contributed by atoms with Crippen LogP contribution >= 0.6 is 11.8 Å². The average Bonchev–Trinajstić information content (AvgIpc) is 3.22. The van der Waals surface area contributed by atoms with Gasteiger partial charge in [-0.2, -0.15) is 4.31 Å². The molecule has 0 atom stereocenters. The van der Waals surface area contributed by atoms with Gasteiger partial charge in [-0.25, -0.2) is 8.42 Å². The van der Waals surface area contributed by atoms with Crippen molar-refractivity contribution in [3.8, 4) is 0 Å². The highest BCUT2D eigenvalue weighted by atomic mass is 32.2. The van der Waals surface area contributed by atoms with Gasteiger partial charge < -0.3 is 9.47 Å². The maximum Gasteiger partial charge on any atom is 0.236 e. The number of nitrogens with zero attached hydrogens (tertiary/aromatic N) is 5. The molecular weight excluding hydrogens is 458 g/mol. The van der Waals surface area contributed by atoms with E-state index in [-0.39, 0.29) is 11.7 Å². The molecule has 1 saturated carbocycles. The van der Waals surface area contributed by atoms with Crippen molar-refractivity contribution in [2.45, 2.75) is 50.2 Å². The standard InChI is InChI=1S/C23H31N5O3S2/c1-19-24-25-23(28(19)21-10-6-3-7-11-21)32-18-22(29)26-13-15-27(16-14-26)33(30,31)17-12-20-8-4-2-5-9-20/h2,4-5,8-9,12,17,21H,3,6-7,10-11,13-16,18H2,1H3/b17-12+. The molecular formula is C23H31N5O3S2. The van der Waals surface area contributed by atoms with Crippen LogP contribution in [0.15, 0.2) is 40.9 Å². The molecule has 1 aromatic carbocycles. The molecule has 2 aliphatic rings. The fraction of sp³-hybridized carbons (Fsp3) is 0.522. The molecule has 0 N–H and O–H groups in total. The lowest BCUT2D eigenvalue weighted by Gasteiger charge is -2.33. The molecule has 2 aromatic rings. The Hall–Kier alpha value is -2.17. The van der Waals surface area contributed by atoms with E-state index < -0.39 is 10.0 Å². The summed E-state index contributed by atoms with van der Waals surface area (Å²) >= 11 is 1.43. The number of aryl methyl sites for hydroxylation is 1. The fourth-order valence-electron chi connectivity index (χ4n) is 4.43. The third kappa shape index (κ3) is 6.04. The van der Waals surface area contributed by atoms with Gasteiger partial charge in [-0.1, -0.05) is 61.4 Å². The first-order valence-electron chi connectivity index (χ1n) is 11.5. The number of amides is 1. The Morgan fingerprint density at radius 1 is 1.06 bits per heavy atom. The average molecular weight is 490 g/mol. The summed E-state index contributed by atoms with van der Waals surface area (Å²) in [6.07, 6.45) is 7.60. The van der Waals surface area contributed by atoms with Crippen molar-refractivity contribution >= 4 is 33.8 Å². The summed E-state index contributed by atoms with van der Waals surface area (Å²) < 4.78 is 28.9. The van der Waals surface area contributed by atoms with Gasteiger partial charge in [-0.15, -0.1) is 10.2 Å². The Morgan fingerprint density at radius 3 is 2.45 bits per heavy atom. The molecule has 0 spiro atoms. The van der Waals surface area contributed by atoms with Crippen LogP contribution in [0.1, 0.15) is 49.5 Å². The molecule has 33 heavy (non-hydrogen) atoms. The van der Waals surface area contributed by atoms with Gasteiger partial charge in [0.05, 0.1) is 5.75 Å². The first-order valence-corrected chi connectivity index (χ1v) is 14.0. The van der Waals surface area contributed by atoms with Gasteiger partial charge in [0.1, 0.15) is 5.82 Å². The second-order valence-corrected chi connectivity index (χ2v) is 11.3. The second kappa shape index (κ2) is 10.8. The minimum Gasteiger partial charge on any atom is -0.339 e. The number of rotatable bonds is 7. The van der Waals surface area contributed by atoms with Gasteiger partial charge in [0.25, 0.3) is 0 Å². The first-order chi connectivity index (χ1) is 15.9. The summed E-state index contributed by atoms with van der Waals surface area (Å²) in [7, 11) is -3.51. The van der Waals surface area contributed by atoms with Crippen LogP contribution in [0.4, 0.5) is 0 Å². The van der Waals surface area contributed by atoms with Crippen LogP contribution in [0.5, 0.6) is 0 Å². The van der Waals surface area contributed by atoms with Gasteiger partial charge in [-0.3, -0.25) is 4.79 Å². The summed E-state index contributed by atoms with van der Waals surface area (Å²) in [6.45, 7) is 3.36. The Balaban J connectivity index is 1.29. The SMILES string of the molecule is Cc1nnc(SCC(=O)N2CCN(S(=O)(=O)/C=C/c3ccccc3)CC2)n1C1CCCCC1. The number of carbonyl (C=O) groups is 1. The molecule has 1 aliphatic carbocycles. The van der Waals surface area contributed by atoms with Crippen molar-refractivity contribution in [3.05, 3.63) is 47.1 Å². The summed E-state index contributed by atoms with van der Waals surface area (Å²) in [5.74, 6) is 1.19. The summed E-state index contributed by atoms with van der Waals surface area (Å²) in [4.78, 5) is 14.5. The van der Waals surface area contributed by atoms with E-state index in [1.807, 2.05) is 37.3 Å². The van der Waals surface area contributed by atoms with Crippen LogP contribution in [-0.4, -0.2) is 70.2 Å². The summed E-state index contributed by atoms with van der Waals surface area (Å²) in [6, 6.07) is 9.76. The lowest BCUT2D eigenvalue weighted by molar-refractivity contribution is -0.129.